The minimum absolute atomic E-state index is 0.621. The molecule has 2 saturated heterocycles. The number of hydrogen-bond donors (Lipinski definition) is 2. The van der Waals surface area contributed by atoms with Crippen LogP contribution in [0.4, 0.5) is 0 Å². The van der Waals surface area contributed by atoms with Crippen molar-refractivity contribution in [2.75, 3.05) is 6.61 Å². The molecule has 0 amide bonds. The van der Waals surface area contributed by atoms with Gasteiger partial charge in [0.15, 0.2) is 0 Å². The molecule has 8 nitrogen and oxygen atoms in total. The van der Waals surface area contributed by atoms with Gasteiger partial charge in [0.05, 0.1) is 0 Å². The molecule has 2 fully saturated rings. The topological polar surface area (TPSA) is 112 Å². The summed E-state index contributed by atoms with van der Waals surface area (Å²) in [6.07, 6.45) is 2.33. The molecule has 2 heterocycles. The van der Waals surface area contributed by atoms with Crippen molar-refractivity contribution in [3.63, 3.8) is 0 Å². The monoisotopic (exact) mass is 252 g/mol. The van der Waals surface area contributed by atoms with E-state index in [4.69, 9.17) is 0 Å². The van der Waals surface area contributed by atoms with Crippen LogP contribution in [0, 0.1) is 0 Å². The molecule has 0 aromatic carbocycles. The number of phosphoric ester groups is 1. The Hall–Kier alpha value is -0.760. The highest BCUT2D eigenvalue weighted by Gasteiger charge is 2.75. The summed E-state index contributed by atoms with van der Waals surface area (Å²) in [5.74, 6) is -6.28. The Kier molecular flexibility index (Phi) is 2.46. The molecule has 2 aliphatic rings. The number of phosphoric acid groups is 1. The maximum atomic E-state index is 11.4. The predicted molar refractivity (Wildman–Crippen MR) is 46.5 cm³/mol. The van der Waals surface area contributed by atoms with Crippen LogP contribution in [0.15, 0.2) is 12.2 Å². The molecule has 3 atom stereocenters. The molecule has 3 unspecified atom stereocenters. The Bertz CT molecular complexity index is 405. The van der Waals surface area contributed by atoms with Crippen LogP contribution >= 0.6 is 7.82 Å². The normalized spacial score (nSPS) is 46.4. The van der Waals surface area contributed by atoms with Crippen molar-refractivity contribution >= 4 is 13.8 Å². The molecule has 2 aliphatic heterocycles. The van der Waals surface area contributed by atoms with E-state index in [-0.39, 0.29) is 0 Å². The highest BCUT2D eigenvalue weighted by molar-refractivity contribution is 7.49. The van der Waals surface area contributed by atoms with Crippen molar-refractivity contribution in [1.29, 1.82) is 0 Å². The number of aliphatic hydroxyl groups is 2. The van der Waals surface area contributed by atoms with Crippen LogP contribution in [0.3, 0.4) is 0 Å². The SMILES string of the molecule is C/C=C/C(=O)OC1(O)OP2(=O)OCC1(O)O2. The fourth-order valence-corrected chi connectivity index (χ4v) is 2.72. The zero-order valence-corrected chi connectivity index (χ0v) is 9.05. The number of hydrogen-bond acceptors (Lipinski definition) is 8. The van der Waals surface area contributed by atoms with Crippen LogP contribution in [0.1, 0.15) is 6.92 Å². The van der Waals surface area contributed by atoms with Gasteiger partial charge in [-0.2, -0.15) is 0 Å². The third-order valence-corrected chi connectivity index (χ3v) is 3.39. The molecule has 0 saturated carbocycles. The fourth-order valence-electron chi connectivity index (χ4n) is 1.23. The number of fused-ring (bicyclic) bond motifs is 2. The largest absolute Gasteiger partial charge is 0.483 e. The molecule has 16 heavy (non-hydrogen) atoms. The van der Waals surface area contributed by atoms with Crippen molar-refractivity contribution < 1.29 is 37.9 Å². The van der Waals surface area contributed by atoms with Gasteiger partial charge < -0.3 is 14.9 Å². The Morgan fingerprint density at radius 2 is 2.19 bits per heavy atom. The minimum Gasteiger partial charge on any atom is -0.400 e. The lowest BCUT2D eigenvalue weighted by Crippen LogP contribution is -2.57. The maximum Gasteiger partial charge on any atom is 0.483 e. The van der Waals surface area contributed by atoms with Gasteiger partial charge >= 0.3 is 19.8 Å². The third-order valence-electron chi connectivity index (χ3n) is 1.95. The van der Waals surface area contributed by atoms with E-state index >= 15 is 0 Å². The number of allylic oxidation sites excluding steroid dienone is 1. The van der Waals surface area contributed by atoms with Gasteiger partial charge in [-0.15, -0.1) is 0 Å². The molecule has 0 radical (unpaired) electrons. The van der Waals surface area contributed by atoms with Gasteiger partial charge in [0.25, 0.3) is 5.79 Å². The van der Waals surface area contributed by atoms with Gasteiger partial charge in [0, 0.05) is 6.08 Å². The van der Waals surface area contributed by atoms with Crippen molar-refractivity contribution in [1.82, 2.24) is 0 Å². The van der Waals surface area contributed by atoms with E-state index in [1.165, 1.54) is 6.08 Å². The van der Waals surface area contributed by atoms with Crippen LogP contribution in [-0.2, 0) is 27.7 Å². The summed E-state index contributed by atoms with van der Waals surface area (Å²) in [5, 5.41) is 19.3. The Morgan fingerprint density at radius 3 is 2.62 bits per heavy atom. The molecular formula is C7H9O8P. The fraction of sp³-hybridized carbons (Fsp3) is 0.571. The van der Waals surface area contributed by atoms with Gasteiger partial charge in [-0.05, 0) is 6.92 Å². The number of carbonyl (C=O) groups is 1. The highest BCUT2D eigenvalue weighted by atomic mass is 31.2. The number of ether oxygens (including phenoxy) is 1. The van der Waals surface area contributed by atoms with Gasteiger partial charge in [0.1, 0.15) is 6.61 Å². The summed E-state index contributed by atoms with van der Waals surface area (Å²) >= 11 is 0. The molecule has 0 aromatic heterocycles. The molecular weight excluding hydrogens is 243 g/mol. The molecule has 0 aliphatic carbocycles. The maximum absolute atomic E-state index is 11.4. The first kappa shape index (κ1) is 11.7. The number of esters is 1. The molecule has 9 heteroatoms. The van der Waals surface area contributed by atoms with Crippen LogP contribution in [0.2, 0.25) is 0 Å². The average molecular weight is 252 g/mol. The van der Waals surface area contributed by atoms with E-state index in [0.717, 1.165) is 6.08 Å². The minimum atomic E-state index is -4.04. The van der Waals surface area contributed by atoms with E-state index in [2.05, 4.69) is 18.3 Å². The first-order valence-corrected chi connectivity index (χ1v) is 5.75. The molecule has 0 spiro atoms. The molecule has 2 rings (SSSR count). The van der Waals surface area contributed by atoms with Crippen molar-refractivity contribution in [3.05, 3.63) is 12.2 Å². The molecule has 2 bridgehead atoms. The highest BCUT2D eigenvalue weighted by Crippen LogP contribution is 2.69. The van der Waals surface area contributed by atoms with Gasteiger partial charge in [-0.25, -0.2) is 18.4 Å². The zero-order chi connectivity index (χ0) is 12.0. The van der Waals surface area contributed by atoms with E-state index in [1.54, 1.807) is 6.92 Å². The standard InChI is InChI=1S/C7H9O8P/c1-2-3-5(8)13-7(10)6(9)4-12-16(11,14-6)15-7/h2-3,9-10H,4H2,1H3/b3-2+. The summed E-state index contributed by atoms with van der Waals surface area (Å²) in [6, 6.07) is 0. The van der Waals surface area contributed by atoms with Crippen LogP contribution in [-0.4, -0.2) is 34.5 Å². The summed E-state index contributed by atoms with van der Waals surface area (Å²) in [4.78, 5) is 11.1. The van der Waals surface area contributed by atoms with Crippen molar-refractivity contribution in [2.45, 2.75) is 18.7 Å². The van der Waals surface area contributed by atoms with Crippen molar-refractivity contribution in [2.24, 2.45) is 0 Å². The summed E-state index contributed by atoms with van der Waals surface area (Å²) in [6.45, 7) is 0.924. The summed E-state index contributed by atoms with van der Waals surface area (Å²) in [5.41, 5.74) is 0. The smallest absolute Gasteiger partial charge is 0.400 e. The van der Waals surface area contributed by atoms with E-state index in [0.29, 0.717) is 0 Å². The van der Waals surface area contributed by atoms with Crippen LogP contribution in [0.5, 0.6) is 0 Å². The second kappa shape index (κ2) is 3.36. The Balaban J connectivity index is 2.21. The van der Waals surface area contributed by atoms with Crippen LogP contribution in [0.25, 0.3) is 0 Å². The lowest BCUT2D eigenvalue weighted by atomic mass is 10.2. The number of rotatable bonds is 2. The van der Waals surface area contributed by atoms with Crippen LogP contribution < -0.4 is 0 Å². The van der Waals surface area contributed by atoms with Gasteiger partial charge in [-0.3, -0.25) is 4.52 Å². The molecule has 2 N–H and O–H groups in total. The van der Waals surface area contributed by atoms with E-state index in [1.807, 2.05) is 0 Å². The Morgan fingerprint density at radius 1 is 1.50 bits per heavy atom. The third kappa shape index (κ3) is 1.60. The summed E-state index contributed by atoms with van der Waals surface area (Å²) < 4.78 is 29.1. The average Bonchev–Trinajstić information content (AvgIpc) is 2.51. The van der Waals surface area contributed by atoms with E-state index < -0.39 is 32.2 Å². The second-order valence-corrected chi connectivity index (χ2v) is 4.71. The predicted octanol–water partition coefficient (Wildman–Crippen LogP) is -0.375. The quantitative estimate of drug-likeness (QED) is 0.296. The van der Waals surface area contributed by atoms with E-state index in [9.17, 15) is 19.6 Å². The van der Waals surface area contributed by atoms with Gasteiger partial charge in [-0.1, -0.05) is 6.08 Å². The second-order valence-electron chi connectivity index (χ2n) is 3.19. The molecule has 0 aromatic rings. The van der Waals surface area contributed by atoms with Crippen molar-refractivity contribution in [3.8, 4) is 0 Å². The first-order valence-electron chi connectivity index (χ1n) is 4.29. The Labute approximate surface area is 90.0 Å². The van der Waals surface area contributed by atoms with Gasteiger partial charge in [0.2, 0.25) is 0 Å². The number of carbonyl (C=O) groups excluding carboxylic acids is 1. The summed E-state index contributed by atoms with van der Waals surface area (Å²) in [7, 11) is -4.04. The first-order chi connectivity index (χ1) is 7.33. The lowest BCUT2D eigenvalue weighted by Gasteiger charge is -2.30. The lowest BCUT2D eigenvalue weighted by molar-refractivity contribution is -0.401. The molecule has 90 valence electrons. The zero-order valence-electron chi connectivity index (χ0n) is 8.15.